The monoisotopic (exact) mass is 697 g/mol. The molecule has 0 saturated carbocycles. The van der Waals surface area contributed by atoms with Crippen molar-refractivity contribution >= 4 is 39.7 Å². The first-order chi connectivity index (χ1) is 26.2. The van der Waals surface area contributed by atoms with Crippen LogP contribution in [-0.2, 0) is 9.98 Å². The lowest BCUT2D eigenvalue weighted by molar-refractivity contribution is 0.583. The molecule has 1 aliphatic carbocycles. The van der Waals surface area contributed by atoms with Crippen LogP contribution in [0.4, 0.5) is 0 Å². The minimum atomic E-state index is -3.34. The Bertz CT molecular complexity index is 2680. The van der Waals surface area contributed by atoms with Crippen LogP contribution < -0.4 is 10.6 Å². The van der Waals surface area contributed by atoms with E-state index < -0.39 is 12.7 Å². The summed E-state index contributed by atoms with van der Waals surface area (Å²) in [4.78, 5) is 0. The van der Waals surface area contributed by atoms with E-state index in [1.807, 2.05) is 60.7 Å². The molecule has 3 heteroatoms. The first-order valence-corrected chi connectivity index (χ1v) is 19.9. The highest BCUT2D eigenvalue weighted by Gasteiger charge is 2.46. The minimum Gasteiger partial charge on any atom is -0.290 e. The molecule has 0 saturated heterocycles. The topological polar surface area (TPSA) is 22.0 Å². The predicted octanol–water partition coefficient (Wildman–Crippen LogP) is 11.4. The number of rotatable bonds is 6. The fourth-order valence-corrected chi connectivity index (χ4v) is 12.0. The number of benzene rings is 8. The first-order valence-electron chi connectivity index (χ1n) is 18.3. The van der Waals surface area contributed by atoms with Crippen LogP contribution in [0.3, 0.4) is 0 Å². The van der Waals surface area contributed by atoms with Crippen molar-refractivity contribution in [2.24, 2.45) is 0 Å². The van der Waals surface area contributed by atoms with Crippen LogP contribution in [0, 0.1) is 0 Å². The van der Waals surface area contributed by atoms with Crippen LogP contribution in [0.5, 0.6) is 0 Å². The van der Waals surface area contributed by atoms with Crippen molar-refractivity contribution in [3.63, 3.8) is 0 Å². The Labute approximate surface area is 310 Å². The molecule has 0 spiro atoms. The maximum absolute atomic E-state index is 15.9. The van der Waals surface area contributed by atoms with Gasteiger partial charge >= 0.3 is 0 Å². The van der Waals surface area contributed by atoms with E-state index in [1.54, 1.807) is 0 Å². The number of hydrogen-bond acceptors (Lipinski definition) is 1. The van der Waals surface area contributed by atoms with E-state index in [2.05, 4.69) is 156 Å². The normalized spacial score (nSPS) is 13.8. The molecule has 1 aromatic heterocycles. The van der Waals surface area contributed by atoms with Crippen LogP contribution in [0.1, 0.15) is 44.9 Å². The average Bonchev–Trinajstić information content (AvgIpc) is 3.58. The second-order valence-corrected chi connectivity index (χ2v) is 16.5. The third-order valence-corrected chi connectivity index (χ3v) is 14.3. The van der Waals surface area contributed by atoms with Gasteiger partial charge in [-0.1, -0.05) is 170 Å². The largest absolute Gasteiger partial charge is 0.290 e. The molecule has 53 heavy (non-hydrogen) atoms. The lowest BCUT2D eigenvalue weighted by Gasteiger charge is -2.45. The molecule has 0 fully saturated rings. The molecule has 1 heterocycles. The Morgan fingerprint density at radius 3 is 1.40 bits per heavy atom. The summed E-state index contributed by atoms with van der Waals surface area (Å²) in [5, 5.41) is 3.82. The van der Waals surface area contributed by atoms with Gasteiger partial charge in [0.15, 0.2) is 0 Å². The van der Waals surface area contributed by atoms with Gasteiger partial charge < -0.3 is 0 Å². The Morgan fingerprint density at radius 1 is 0.415 bits per heavy atom. The molecule has 0 N–H and O–H groups in total. The Balaban J connectivity index is 1.26. The summed E-state index contributed by atoms with van der Waals surface area (Å²) in [6.45, 7) is 0. The average molecular weight is 698 g/mol. The van der Waals surface area contributed by atoms with E-state index in [4.69, 9.17) is 0 Å². The van der Waals surface area contributed by atoms with Gasteiger partial charge in [-0.25, -0.2) is 0 Å². The Hall–Kier alpha value is -6.21. The van der Waals surface area contributed by atoms with Gasteiger partial charge in [0.2, 0.25) is 7.29 Å². The zero-order chi connectivity index (χ0) is 35.4. The van der Waals surface area contributed by atoms with Gasteiger partial charge in [0.05, 0.1) is 16.4 Å². The van der Waals surface area contributed by atoms with Gasteiger partial charge in [0.25, 0.3) is 0 Å². The summed E-state index contributed by atoms with van der Waals surface area (Å²) in [5.41, 5.74) is 10.3. The van der Waals surface area contributed by atoms with E-state index in [9.17, 15) is 0 Å². The fraction of sp³-hybridized carbons (Fsp3) is 0.0400. The van der Waals surface area contributed by atoms with Crippen molar-refractivity contribution in [1.29, 1.82) is 0 Å². The van der Waals surface area contributed by atoms with Crippen molar-refractivity contribution in [1.82, 2.24) is 4.34 Å². The second kappa shape index (κ2) is 12.5. The molecule has 0 bridgehead atoms. The molecular formula is C50H36NOP. The van der Waals surface area contributed by atoms with Crippen molar-refractivity contribution < 1.29 is 4.57 Å². The van der Waals surface area contributed by atoms with Gasteiger partial charge in [0, 0.05) is 27.3 Å². The number of nitrogens with zero attached hydrogens (tertiary/aromatic N) is 1. The number of fused-ring (bicyclic) bond motifs is 5. The molecule has 0 amide bonds. The molecule has 8 aromatic carbocycles. The second-order valence-electron chi connectivity index (χ2n) is 13.9. The fourth-order valence-electron chi connectivity index (χ4n) is 9.11. The number of hydrogen-bond donors (Lipinski definition) is 0. The molecular weight excluding hydrogens is 662 g/mol. The van der Waals surface area contributed by atoms with Crippen LogP contribution in [-0.4, -0.2) is 4.34 Å². The van der Waals surface area contributed by atoms with E-state index >= 15 is 4.57 Å². The lowest BCUT2D eigenvalue weighted by atomic mass is 9.57. The quantitative estimate of drug-likeness (QED) is 0.159. The zero-order valence-corrected chi connectivity index (χ0v) is 30.0. The number of aromatic nitrogens is 1. The maximum Gasteiger partial charge on any atom is 0.234 e. The van der Waals surface area contributed by atoms with E-state index in [0.29, 0.717) is 0 Å². The van der Waals surface area contributed by atoms with Crippen LogP contribution >= 0.6 is 7.29 Å². The highest BCUT2D eigenvalue weighted by Crippen LogP contribution is 2.56. The molecule has 0 atom stereocenters. The summed E-state index contributed by atoms with van der Waals surface area (Å²) in [5.74, 6) is -0.00971. The summed E-state index contributed by atoms with van der Waals surface area (Å²) >= 11 is 0. The van der Waals surface area contributed by atoms with Gasteiger partial charge in [-0.2, -0.15) is 0 Å². The van der Waals surface area contributed by atoms with Gasteiger partial charge in [-0.3, -0.25) is 8.90 Å². The molecule has 0 radical (unpaired) electrons. The Morgan fingerprint density at radius 2 is 0.849 bits per heavy atom. The van der Waals surface area contributed by atoms with Crippen LogP contribution in [0.25, 0.3) is 21.8 Å². The molecule has 1 aliphatic rings. The summed E-state index contributed by atoms with van der Waals surface area (Å²) in [6.07, 6.45) is 0. The smallest absolute Gasteiger partial charge is 0.234 e. The highest BCUT2D eigenvalue weighted by molar-refractivity contribution is 7.77. The molecule has 10 rings (SSSR count). The lowest BCUT2D eigenvalue weighted by Crippen LogP contribution is -2.37. The van der Waals surface area contributed by atoms with Gasteiger partial charge in [0.1, 0.15) is 0 Å². The van der Waals surface area contributed by atoms with Gasteiger partial charge in [-0.05, 0) is 81.4 Å². The third-order valence-electron chi connectivity index (χ3n) is 11.3. The molecule has 2 nitrogen and oxygen atoms in total. The molecule has 252 valence electrons. The first kappa shape index (κ1) is 31.5. The summed E-state index contributed by atoms with van der Waals surface area (Å²) < 4.78 is 18.1. The SMILES string of the molecule is O=P(c1ccccc1)(c1ccccc1)n1c2ccccc2c2cc(C3c4ccccc4C(c4ccccc4)(c4ccccc4)c4ccccc43)ccc21. The summed E-state index contributed by atoms with van der Waals surface area (Å²) in [6, 6.07) is 75.2. The zero-order valence-electron chi connectivity index (χ0n) is 29.1. The minimum absolute atomic E-state index is 0.00971. The highest BCUT2D eigenvalue weighted by atomic mass is 31.2. The van der Waals surface area contributed by atoms with E-state index in [1.165, 1.54) is 38.9 Å². The standard InChI is InChI=1S/C50H36NOP/c52-53(39-23-9-3-10-24-39,40-25-11-4-12-26-40)51-47-32-18-15-27-41(47)44-35-36(33-34-48(44)51)49-42-28-13-16-30-45(42)50(37-19-5-1-6-20-37,38-21-7-2-8-22-38)46-31-17-14-29-43(46)49/h1-35,49H. The van der Waals surface area contributed by atoms with E-state index in [0.717, 1.165) is 32.4 Å². The van der Waals surface area contributed by atoms with Crippen LogP contribution in [0.2, 0.25) is 0 Å². The van der Waals surface area contributed by atoms with Gasteiger partial charge in [-0.15, -0.1) is 0 Å². The van der Waals surface area contributed by atoms with Crippen LogP contribution in [0.15, 0.2) is 212 Å². The van der Waals surface area contributed by atoms with Crippen molar-refractivity contribution in [2.75, 3.05) is 0 Å². The molecule has 0 aliphatic heterocycles. The maximum atomic E-state index is 15.9. The third kappa shape index (κ3) is 4.62. The Kier molecular flexibility index (Phi) is 7.42. The van der Waals surface area contributed by atoms with Crippen molar-refractivity contribution in [3.8, 4) is 0 Å². The predicted molar refractivity (Wildman–Crippen MR) is 220 cm³/mol. The van der Waals surface area contributed by atoms with E-state index in [-0.39, 0.29) is 5.92 Å². The van der Waals surface area contributed by atoms with Crippen molar-refractivity contribution in [2.45, 2.75) is 11.3 Å². The number of para-hydroxylation sites is 1. The molecule has 9 aromatic rings. The van der Waals surface area contributed by atoms with Crippen molar-refractivity contribution in [3.05, 3.63) is 251 Å². The molecule has 0 unspecified atom stereocenters. The summed E-state index contributed by atoms with van der Waals surface area (Å²) in [7, 11) is -3.34.